The van der Waals surface area contributed by atoms with Gasteiger partial charge in [0.25, 0.3) is 0 Å². The van der Waals surface area contributed by atoms with E-state index in [0.29, 0.717) is 44.3 Å². The fourth-order valence-corrected chi connectivity index (χ4v) is 6.17. The number of alkyl halides is 3. The van der Waals surface area contributed by atoms with Crippen LogP contribution in [0.5, 0.6) is 0 Å². The smallest absolute Gasteiger partial charge is 0.366 e. The summed E-state index contributed by atoms with van der Waals surface area (Å²) in [7, 11) is -3.44. The number of carbonyl (C=O) groups is 1. The van der Waals surface area contributed by atoms with Crippen LogP contribution in [0.1, 0.15) is 52.7 Å². The van der Waals surface area contributed by atoms with E-state index in [1.54, 1.807) is 18.2 Å². The highest BCUT2D eigenvalue weighted by atomic mass is 32.2. The van der Waals surface area contributed by atoms with Gasteiger partial charge in [0.2, 0.25) is 15.9 Å². The lowest BCUT2D eigenvalue weighted by molar-refractivity contribution is -0.135. The number of sulfonamides is 1. The van der Waals surface area contributed by atoms with Crippen molar-refractivity contribution in [3.05, 3.63) is 64.7 Å². The molecule has 0 spiro atoms. The van der Waals surface area contributed by atoms with E-state index in [2.05, 4.69) is 6.08 Å². The molecule has 1 aliphatic carbocycles. The minimum absolute atomic E-state index is 0.00906. The van der Waals surface area contributed by atoms with Crippen LogP contribution >= 0.6 is 0 Å². The second-order valence-corrected chi connectivity index (χ2v) is 11.4. The summed E-state index contributed by atoms with van der Waals surface area (Å²) in [6, 6.07) is 11.1. The van der Waals surface area contributed by atoms with Gasteiger partial charge in [0.15, 0.2) is 0 Å². The zero-order valence-electron chi connectivity index (χ0n) is 19.9. The van der Waals surface area contributed by atoms with Crippen molar-refractivity contribution in [2.24, 2.45) is 17.4 Å². The molecule has 194 valence electrons. The first kappa shape index (κ1) is 26.4. The molecule has 2 aliphatic rings. The molecule has 0 saturated carbocycles. The average molecular weight is 522 g/mol. The summed E-state index contributed by atoms with van der Waals surface area (Å²) >= 11 is 0. The van der Waals surface area contributed by atoms with Crippen molar-refractivity contribution in [3.8, 4) is 11.1 Å². The van der Waals surface area contributed by atoms with Gasteiger partial charge in [-0.3, -0.25) is 4.79 Å². The predicted molar refractivity (Wildman–Crippen MR) is 133 cm³/mol. The van der Waals surface area contributed by atoms with Gasteiger partial charge < -0.3 is 11.5 Å². The van der Waals surface area contributed by atoms with Gasteiger partial charge in [-0.25, -0.2) is 12.7 Å². The Morgan fingerprint density at radius 3 is 2.44 bits per heavy atom. The van der Waals surface area contributed by atoms with Crippen LogP contribution < -0.4 is 11.5 Å². The third kappa shape index (κ3) is 5.82. The normalized spacial score (nSPS) is 17.2. The van der Waals surface area contributed by atoms with Crippen LogP contribution in [0.25, 0.3) is 16.7 Å². The molecule has 1 heterocycles. The second-order valence-electron chi connectivity index (χ2n) is 9.40. The Morgan fingerprint density at radius 2 is 1.81 bits per heavy atom. The number of allylic oxidation sites excluding steroid dienone is 2. The Balaban J connectivity index is 1.60. The summed E-state index contributed by atoms with van der Waals surface area (Å²) in [5, 5.41) is 0. The number of halogens is 3. The highest BCUT2D eigenvalue weighted by Crippen LogP contribution is 2.41. The maximum absolute atomic E-state index is 12.6. The van der Waals surface area contributed by atoms with Crippen molar-refractivity contribution < 1.29 is 26.4 Å². The molecule has 0 atom stereocenters. The molecule has 2 aromatic rings. The molecule has 10 heteroatoms. The number of primary amides is 1. The van der Waals surface area contributed by atoms with Crippen molar-refractivity contribution in [1.82, 2.24) is 4.31 Å². The fraction of sp³-hybridized carbons (Fsp3) is 0.423. The monoisotopic (exact) mass is 521 g/mol. The molecule has 1 saturated heterocycles. The summed E-state index contributed by atoms with van der Waals surface area (Å²) in [4.78, 5) is 12.3. The van der Waals surface area contributed by atoms with E-state index in [1.165, 1.54) is 4.31 Å². The lowest BCUT2D eigenvalue weighted by atomic mass is 9.84. The Morgan fingerprint density at radius 1 is 1.08 bits per heavy atom. The first-order valence-electron chi connectivity index (χ1n) is 12.0. The van der Waals surface area contributed by atoms with E-state index in [9.17, 15) is 26.4 Å². The number of amides is 1. The summed E-state index contributed by atoms with van der Waals surface area (Å²) in [6.45, 7) is 0.776. The Hall–Kier alpha value is -2.69. The van der Waals surface area contributed by atoms with Crippen LogP contribution in [0, 0.1) is 5.92 Å². The SMILES string of the molecule is NCS(=O)(=O)N1CCC(C2=CCc3c(C(N)=O)cc(-c4cccc(CCCC(F)(F)F)c4)cc32)CC1. The van der Waals surface area contributed by atoms with E-state index in [4.69, 9.17) is 11.5 Å². The number of fused-ring (bicyclic) bond motifs is 1. The minimum atomic E-state index is -4.18. The van der Waals surface area contributed by atoms with Gasteiger partial charge in [0.05, 0.1) is 0 Å². The molecular weight excluding hydrogens is 491 g/mol. The quantitative estimate of drug-likeness (QED) is 0.542. The van der Waals surface area contributed by atoms with Crippen LogP contribution in [0.15, 0.2) is 42.5 Å². The third-order valence-corrected chi connectivity index (χ3v) is 8.61. The largest absolute Gasteiger partial charge is 0.389 e. The summed E-state index contributed by atoms with van der Waals surface area (Å²) in [5.74, 6) is -0.808. The molecule has 4 rings (SSSR count). The molecule has 1 amide bonds. The fourth-order valence-electron chi connectivity index (χ4n) is 5.19. The lowest BCUT2D eigenvalue weighted by Gasteiger charge is -2.32. The zero-order valence-corrected chi connectivity index (χ0v) is 20.7. The summed E-state index contributed by atoms with van der Waals surface area (Å²) in [5.41, 5.74) is 16.8. The van der Waals surface area contributed by atoms with Crippen LogP contribution in [0.4, 0.5) is 13.2 Å². The van der Waals surface area contributed by atoms with Crippen LogP contribution in [0.2, 0.25) is 0 Å². The Labute approximate surface area is 209 Å². The number of benzene rings is 2. The van der Waals surface area contributed by atoms with Crippen molar-refractivity contribution in [2.45, 2.75) is 44.7 Å². The molecule has 1 fully saturated rings. The topological polar surface area (TPSA) is 106 Å². The third-order valence-electron chi connectivity index (χ3n) is 7.04. The average Bonchev–Trinajstić information content (AvgIpc) is 3.27. The molecule has 0 unspecified atom stereocenters. The van der Waals surface area contributed by atoms with E-state index in [-0.39, 0.29) is 12.3 Å². The maximum atomic E-state index is 12.6. The van der Waals surface area contributed by atoms with Crippen molar-refractivity contribution in [2.75, 3.05) is 19.0 Å². The van der Waals surface area contributed by atoms with E-state index < -0.39 is 34.4 Å². The predicted octanol–water partition coefficient (Wildman–Crippen LogP) is 4.24. The molecule has 4 N–H and O–H groups in total. The van der Waals surface area contributed by atoms with E-state index >= 15 is 0 Å². The van der Waals surface area contributed by atoms with Crippen molar-refractivity contribution in [1.29, 1.82) is 0 Å². The van der Waals surface area contributed by atoms with Gasteiger partial charge in [-0.1, -0.05) is 30.3 Å². The van der Waals surface area contributed by atoms with Gasteiger partial charge in [-0.2, -0.15) is 13.2 Å². The molecule has 2 aromatic carbocycles. The molecule has 0 bridgehead atoms. The first-order chi connectivity index (χ1) is 17.0. The van der Waals surface area contributed by atoms with Crippen LogP contribution in [-0.4, -0.2) is 43.8 Å². The molecule has 6 nitrogen and oxygen atoms in total. The molecule has 36 heavy (non-hydrogen) atoms. The number of carbonyl (C=O) groups excluding carboxylic acids is 1. The van der Waals surface area contributed by atoms with Gasteiger partial charge in [-0.05, 0) is 83.5 Å². The summed E-state index contributed by atoms with van der Waals surface area (Å²) < 4.78 is 63.3. The Bertz CT molecular complexity index is 1280. The number of hydrogen-bond acceptors (Lipinski definition) is 4. The molecular formula is C26H30F3N3O3S. The van der Waals surface area contributed by atoms with Gasteiger partial charge in [-0.15, -0.1) is 0 Å². The first-order valence-corrected chi connectivity index (χ1v) is 13.6. The standard InChI is InChI=1S/C26H30F3N3O3S/c27-26(28,29)10-2-4-17-3-1-5-19(13-17)20-14-23-21(6-7-22(23)24(15-20)25(31)33)18-8-11-32(12-9-18)36(34,35)16-30/h1,3,5-6,13-15,18H,2,4,7-12,16,30H2,(H2,31,33). The maximum Gasteiger partial charge on any atom is 0.389 e. The van der Waals surface area contributed by atoms with E-state index in [1.807, 2.05) is 18.2 Å². The highest BCUT2D eigenvalue weighted by molar-refractivity contribution is 7.89. The second kappa shape index (κ2) is 10.4. The van der Waals surface area contributed by atoms with Gasteiger partial charge in [0, 0.05) is 25.1 Å². The van der Waals surface area contributed by atoms with Gasteiger partial charge in [0.1, 0.15) is 5.88 Å². The number of nitrogens with two attached hydrogens (primary N) is 2. The number of piperidine rings is 1. The van der Waals surface area contributed by atoms with Crippen molar-refractivity contribution >= 4 is 21.5 Å². The van der Waals surface area contributed by atoms with E-state index in [0.717, 1.165) is 33.4 Å². The molecule has 1 aliphatic heterocycles. The summed E-state index contributed by atoms with van der Waals surface area (Å²) in [6.07, 6.45) is -0.743. The number of aryl methyl sites for hydroxylation is 1. The van der Waals surface area contributed by atoms with Crippen LogP contribution in [-0.2, 0) is 22.9 Å². The number of nitrogens with zero attached hydrogens (tertiary/aromatic N) is 1. The van der Waals surface area contributed by atoms with Gasteiger partial charge >= 0.3 is 6.18 Å². The Kier molecular flexibility index (Phi) is 7.59. The minimum Gasteiger partial charge on any atom is -0.366 e. The van der Waals surface area contributed by atoms with Crippen LogP contribution in [0.3, 0.4) is 0 Å². The highest BCUT2D eigenvalue weighted by Gasteiger charge is 2.32. The number of hydrogen-bond donors (Lipinski definition) is 2. The lowest BCUT2D eigenvalue weighted by Crippen LogP contribution is -2.41. The number of rotatable bonds is 8. The molecule has 0 radical (unpaired) electrons. The zero-order chi connectivity index (χ0) is 26.1. The molecule has 0 aromatic heterocycles. The van der Waals surface area contributed by atoms with Crippen molar-refractivity contribution in [3.63, 3.8) is 0 Å².